The highest BCUT2D eigenvalue weighted by atomic mass is 32.2. The topological polar surface area (TPSA) is 89.3 Å². The zero-order valence-electron chi connectivity index (χ0n) is 16.2. The smallest absolute Gasteiger partial charge is 0.235 e. The van der Waals surface area contributed by atoms with Crippen LogP contribution in [0.1, 0.15) is 22.1 Å². The molecule has 1 atom stereocenters. The van der Waals surface area contributed by atoms with Gasteiger partial charge in [0, 0.05) is 5.56 Å². The molecular weight excluding hydrogens is 420 g/mol. The van der Waals surface area contributed by atoms with Crippen LogP contribution in [0.25, 0.3) is 15.3 Å². The number of nitrogens with zero attached hydrogens (tertiary/aromatic N) is 3. The molecule has 1 aliphatic rings. The summed E-state index contributed by atoms with van der Waals surface area (Å²) in [4.78, 5) is 17.2. The molecule has 1 aliphatic heterocycles. The Hall–Kier alpha value is -3.04. The van der Waals surface area contributed by atoms with Gasteiger partial charge in [0.05, 0.1) is 34.0 Å². The van der Waals surface area contributed by atoms with E-state index >= 15 is 0 Å². The Morgan fingerprint density at radius 3 is 2.90 bits per heavy atom. The highest BCUT2D eigenvalue weighted by molar-refractivity contribution is 8.00. The van der Waals surface area contributed by atoms with E-state index in [-0.39, 0.29) is 16.9 Å². The molecule has 0 unspecified atom stereocenters. The third kappa shape index (κ3) is 3.10. The number of aryl methyl sites for hydroxylation is 1. The normalized spacial score (nSPS) is 16.2. The van der Waals surface area contributed by atoms with Crippen molar-refractivity contribution in [1.82, 2.24) is 14.8 Å². The third-order valence-corrected chi connectivity index (χ3v) is 7.26. The van der Waals surface area contributed by atoms with Crippen molar-refractivity contribution in [3.05, 3.63) is 59.3 Å². The predicted molar refractivity (Wildman–Crippen MR) is 119 cm³/mol. The van der Waals surface area contributed by atoms with E-state index in [4.69, 9.17) is 14.8 Å². The van der Waals surface area contributed by atoms with E-state index in [1.807, 2.05) is 37.3 Å². The van der Waals surface area contributed by atoms with Gasteiger partial charge in [-0.25, -0.2) is 4.98 Å². The molecule has 0 saturated heterocycles. The number of phenols is 1. The van der Waals surface area contributed by atoms with Crippen LogP contribution in [0.3, 0.4) is 0 Å². The fourth-order valence-electron chi connectivity index (χ4n) is 3.59. The van der Waals surface area contributed by atoms with Crippen LogP contribution in [0.2, 0.25) is 0 Å². The first-order chi connectivity index (χ1) is 14.5. The fraction of sp³-hybridized carbons (Fsp3) is 0.190. The van der Waals surface area contributed by atoms with Gasteiger partial charge in [-0.15, -0.1) is 11.8 Å². The molecule has 7 nitrogen and oxygen atoms in total. The molecule has 9 heteroatoms. The molecule has 2 aromatic heterocycles. The molecule has 0 aliphatic carbocycles. The molecule has 0 fully saturated rings. The lowest BCUT2D eigenvalue weighted by molar-refractivity contribution is -0.113. The highest BCUT2D eigenvalue weighted by Crippen LogP contribution is 2.45. The molecule has 0 spiro atoms. The molecule has 0 saturated carbocycles. The summed E-state index contributed by atoms with van der Waals surface area (Å²) in [6.45, 7) is 1.94. The number of carbonyl (C=O) groups excluding carboxylic acids is 1. The summed E-state index contributed by atoms with van der Waals surface area (Å²) in [5.41, 5.74) is 3.57. The van der Waals surface area contributed by atoms with Crippen molar-refractivity contribution in [3.63, 3.8) is 0 Å². The molecule has 152 valence electrons. The number of benzene rings is 2. The minimum absolute atomic E-state index is 0.0798. The summed E-state index contributed by atoms with van der Waals surface area (Å²) in [7, 11) is 1.52. The van der Waals surface area contributed by atoms with E-state index in [9.17, 15) is 9.90 Å². The summed E-state index contributed by atoms with van der Waals surface area (Å²) < 4.78 is 8.07. The Kier molecular flexibility index (Phi) is 4.63. The molecule has 5 rings (SSSR count). The van der Waals surface area contributed by atoms with Crippen molar-refractivity contribution in [2.45, 2.75) is 12.2 Å². The van der Waals surface area contributed by atoms with Crippen LogP contribution < -0.4 is 10.1 Å². The fourth-order valence-corrected chi connectivity index (χ4v) is 5.70. The van der Waals surface area contributed by atoms with Gasteiger partial charge in [0.1, 0.15) is 5.82 Å². The number of aromatic nitrogens is 3. The first-order valence-electron chi connectivity index (χ1n) is 9.29. The van der Waals surface area contributed by atoms with Crippen molar-refractivity contribution in [1.29, 1.82) is 0 Å². The van der Waals surface area contributed by atoms with Gasteiger partial charge in [0.15, 0.2) is 11.5 Å². The number of anilines is 1. The minimum atomic E-state index is -0.142. The maximum Gasteiger partial charge on any atom is 0.235 e. The number of fused-ring (bicyclic) bond motifs is 2. The number of thiazole rings is 1. The van der Waals surface area contributed by atoms with Crippen molar-refractivity contribution < 1.29 is 14.6 Å². The van der Waals surface area contributed by atoms with E-state index in [1.165, 1.54) is 30.2 Å². The van der Waals surface area contributed by atoms with Crippen LogP contribution in [0.15, 0.2) is 42.5 Å². The van der Waals surface area contributed by atoms with E-state index < -0.39 is 0 Å². The molecule has 3 heterocycles. The van der Waals surface area contributed by atoms with Crippen molar-refractivity contribution in [3.8, 4) is 16.6 Å². The summed E-state index contributed by atoms with van der Waals surface area (Å²) >= 11 is 3.05. The summed E-state index contributed by atoms with van der Waals surface area (Å²) in [6.07, 6.45) is 0. The Balaban J connectivity index is 1.68. The van der Waals surface area contributed by atoms with E-state index in [0.717, 1.165) is 27.0 Å². The zero-order valence-corrected chi connectivity index (χ0v) is 17.9. The van der Waals surface area contributed by atoms with Crippen molar-refractivity contribution >= 4 is 45.0 Å². The summed E-state index contributed by atoms with van der Waals surface area (Å²) in [5.74, 6) is 1.34. The highest BCUT2D eigenvalue weighted by Gasteiger charge is 2.31. The Morgan fingerprint density at radius 1 is 1.27 bits per heavy atom. The van der Waals surface area contributed by atoms with Gasteiger partial charge in [-0.3, -0.25) is 4.79 Å². The second-order valence-electron chi connectivity index (χ2n) is 6.89. The summed E-state index contributed by atoms with van der Waals surface area (Å²) in [6, 6.07) is 13.2. The zero-order chi connectivity index (χ0) is 20.8. The minimum Gasteiger partial charge on any atom is -0.504 e. The van der Waals surface area contributed by atoms with Crippen molar-refractivity contribution in [2.75, 3.05) is 18.2 Å². The predicted octanol–water partition coefficient (Wildman–Crippen LogP) is 4.28. The lowest BCUT2D eigenvalue weighted by Crippen LogP contribution is -2.15. The molecule has 1 amide bonds. The van der Waals surface area contributed by atoms with Crippen LogP contribution in [0.4, 0.5) is 5.82 Å². The van der Waals surface area contributed by atoms with Gasteiger partial charge >= 0.3 is 0 Å². The summed E-state index contributed by atoms with van der Waals surface area (Å²) in [5, 5.41) is 18.3. The first-order valence-corrected chi connectivity index (χ1v) is 11.2. The molecule has 0 radical (unpaired) electrons. The number of thioether (sulfide) groups is 1. The van der Waals surface area contributed by atoms with Crippen LogP contribution in [-0.2, 0) is 4.79 Å². The van der Waals surface area contributed by atoms with E-state index in [2.05, 4.69) is 5.32 Å². The number of amides is 1. The van der Waals surface area contributed by atoms with Gasteiger partial charge in [-0.1, -0.05) is 29.5 Å². The monoisotopic (exact) mass is 438 g/mol. The number of nitrogens with one attached hydrogen (secondary N) is 1. The number of methoxy groups -OCH3 is 1. The van der Waals surface area contributed by atoms with Gasteiger partial charge in [-0.2, -0.15) is 9.78 Å². The second kappa shape index (κ2) is 7.33. The lowest BCUT2D eigenvalue weighted by Gasteiger charge is -2.16. The average Bonchev–Trinajstić information content (AvgIpc) is 3.25. The Bertz CT molecular complexity index is 1250. The number of phenolic OH excluding ortho intramolecular Hbond substituents is 1. The standard InChI is InChI=1S/C21H18N4O3S2/c1-11-18-19(12-7-8-14(26)15(9-12)28-2)29-10-17(27)23-20(18)25(24-11)21-22-13-5-3-4-6-16(13)30-21/h3-9,19,26H,10H2,1-2H3,(H,23,27)/t19-/m1/s1. The SMILES string of the molecule is COc1cc([C@H]2SCC(=O)Nc3c2c(C)nn3-c2nc3ccccc3s2)ccc1O. The largest absolute Gasteiger partial charge is 0.504 e. The molecule has 2 aromatic carbocycles. The third-order valence-electron chi connectivity index (χ3n) is 4.98. The lowest BCUT2D eigenvalue weighted by atomic mass is 10.0. The van der Waals surface area contributed by atoms with Crippen LogP contribution >= 0.6 is 23.1 Å². The molecule has 2 N–H and O–H groups in total. The number of hydrogen-bond donors (Lipinski definition) is 2. The first kappa shape index (κ1) is 19.0. The molecule has 0 bridgehead atoms. The average molecular weight is 439 g/mol. The van der Waals surface area contributed by atoms with Crippen LogP contribution in [0.5, 0.6) is 11.5 Å². The maximum atomic E-state index is 12.5. The van der Waals surface area contributed by atoms with Crippen molar-refractivity contribution in [2.24, 2.45) is 0 Å². The van der Waals surface area contributed by atoms with Crippen LogP contribution in [0, 0.1) is 6.92 Å². The number of rotatable bonds is 3. The Morgan fingerprint density at radius 2 is 2.10 bits per heavy atom. The number of para-hydroxylation sites is 1. The van der Waals surface area contributed by atoms with Gasteiger partial charge in [-0.05, 0) is 36.8 Å². The van der Waals surface area contributed by atoms with Gasteiger partial charge < -0.3 is 15.2 Å². The van der Waals surface area contributed by atoms with Crippen LogP contribution in [-0.4, -0.2) is 38.6 Å². The number of aromatic hydroxyl groups is 1. The molecule has 4 aromatic rings. The van der Waals surface area contributed by atoms with E-state index in [1.54, 1.807) is 16.8 Å². The molecular formula is C21H18N4O3S2. The molecule has 30 heavy (non-hydrogen) atoms. The van der Waals surface area contributed by atoms with Gasteiger partial charge in [0.2, 0.25) is 11.0 Å². The number of hydrogen-bond acceptors (Lipinski definition) is 7. The number of ether oxygens (including phenoxy) is 1. The second-order valence-corrected chi connectivity index (χ2v) is 9.00. The van der Waals surface area contributed by atoms with Gasteiger partial charge in [0.25, 0.3) is 0 Å². The quantitative estimate of drug-likeness (QED) is 0.496. The van der Waals surface area contributed by atoms with E-state index in [0.29, 0.717) is 22.5 Å². The number of carbonyl (C=O) groups is 1. The Labute approximate surface area is 180 Å². The maximum absolute atomic E-state index is 12.5.